The average Bonchev–Trinajstić information content (AvgIpc) is 3.04. The lowest BCUT2D eigenvalue weighted by molar-refractivity contribution is 0.0602. The minimum Gasteiger partial charge on any atom is -0.458 e. The molecule has 0 aliphatic carbocycles. The van der Waals surface area contributed by atoms with Gasteiger partial charge in [-0.3, -0.25) is 4.57 Å². The highest BCUT2D eigenvalue weighted by atomic mass is 16.5. The maximum atomic E-state index is 6.88. The maximum absolute atomic E-state index is 6.88. The normalized spacial score (nSPS) is 14.9. The molecular weight excluding hydrogens is 348 g/mol. The van der Waals surface area contributed by atoms with Crippen LogP contribution in [0, 0.1) is 13.8 Å². The largest absolute Gasteiger partial charge is 0.458 e. The molecule has 0 saturated carbocycles. The van der Waals surface area contributed by atoms with Crippen LogP contribution in [-0.2, 0) is 5.72 Å². The monoisotopic (exact) mass is 366 g/mol. The third-order valence-corrected chi connectivity index (χ3v) is 5.77. The van der Waals surface area contributed by atoms with Gasteiger partial charge in [-0.05, 0) is 50.2 Å². The second-order valence-electron chi connectivity index (χ2n) is 7.28. The molecule has 2 aliphatic rings. The highest BCUT2D eigenvalue weighted by molar-refractivity contribution is 5.71. The topological polar surface area (TPSA) is 36.3 Å². The Morgan fingerprint density at radius 2 is 1.32 bits per heavy atom. The molecule has 0 fully saturated rings. The second kappa shape index (κ2) is 5.26. The van der Waals surface area contributed by atoms with Crippen LogP contribution in [0.25, 0.3) is 11.4 Å². The molecule has 3 heterocycles. The zero-order valence-electron chi connectivity index (χ0n) is 15.6. The number of nitrogens with zero attached hydrogens (tertiary/aromatic N) is 2. The summed E-state index contributed by atoms with van der Waals surface area (Å²) in [7, 11) is 0. The Kier molecular flexibility index (Phi) is 2.91. The van der Waals surface area contributed by atoms with Gasteiger partial charge < -0.3 is 9.47 Å². The van der Waals surface area contributed by atoms with Gasteiger partial charge in [0.2, 0.25) is 5.72 Å². The Balaban J connectivity index is 1.81. The summed E-state index contributed by atoms with van der Waals surface area (Å²) < 4.78 is 15.3. The van der Waals surface area contributed by atoms with E-state index in [1.165, 1.54) is 0 Å². The summed E-state index contributed by atoms with van der Waals surface area (Å²) in [6.07, 6.45) is 0. The van der Waals surface area contributed by atoms with Crippen LogP contribution in [0.2, 0.25) is 0 Å². The van der Waals surface area contributed by atoms with Crippen molar-refractivity contribution in [2.75, 3.05) is 0 Å². The molecule has 0 amide bonds. The molecule has 4 aromatic rings. The van der Waals surface area contributed by atoms with E-state index >= 15 is 0 Å². The highest BCUT2D eigenvalue weighted by Gasteiger charge is 2.51. The number of benzene rings is 3. The molecule has 6 rings (SSSR count). The molecule has 0 unspecified atom stereocenters. The smallest absolute Gasteiger partial charge is 0.248 e. The van der Waals surface area contributed by atoms with E-state index in [0.717, 1.165) is 51.2 Å². The molecule has 1 aromatic heterocycles. The molecular formula is C24H18N2O2. The first-order valence-corrected chi connectivity index (χ1v) is 9.42. The summed E-state index contributed by atoms with van der Waals surface area (Å²) in [6.45, 7) is 4.15. The molecule has 136 valence electrons. The molecule has 0 bridgehead atoms. The third kappa shape index (κ3) is 1.77. The van der Waals surface area contributed by atoms with Gasteiger partial charge in [0.25, 0.3) is 0 Å². The van der Waals surface area contributed by atoms with Crippen LogP contribution in [0.3, 0.4) is 0 Å². The van der Waals surface area contributed by atoms with Gasteiger partial charge in [-0.1, -0.05) is 36.4 Å². The second-order valence-corrected chi connectivity index (χ2v) is 7.28. The van der Waals surface area contributed by atoms with E-state index in [1.807, 2.05) is 61.5 Å². The Bertz CT molecular complexity index is 1210. The molecule has 4 heteroatoms. The van der Waals surface area contributed by atoms with Crippen LogP contribution in [-0.4, -0.2) is 9.55 Å². The predicted octanol–water partition coefficient (Wildman–Crippen LogP) is 5.41. The van der Waals surface area contributed by atoms with Crippen molar-refractivity contribution >= 4 is 0 Å². The Labute approximate surface area is 163 Å². The number of fused-ring (bicyclic) bond motifs is 8. The van der Waals surface area contributed by atoms with Gasteiger partial charge in [0.1, 0.15) is 23.1 Å². The zero-order chi connectivity index (χ0) is 18.9. The van der Waals surface area contributed by atoms with Crippen LogP contribution < -0.4 is 9.47 Å². The lowest BCUT2D eigenvalue weighted by Gasteiger charge is -2.44. The van der Waals surface area contributed by atoms with Crippen molar-refractivity contribution in [1.82, 2.24) is 9.55 Å². The Hall–Kier alpha value is -3.53. The van der Waals surface area contributed by atoms with E-state index in [9.17, 15) is 0 Å². The van der Waals surface area contributed by atoms with Crippen LogP contribution in [0.1, 0.15) is 22.5 Å². The van der Waals surface area contributed by atoms with Crippen LogP contribution >= 0.6 is 0 Å². The number of aryl methyl sites for hydroxylation is 1. The predicted molar refractivity (Wildman–Crippen MR) is 107 cm³/mol. The van der Waals surface area contributed by atoms with Gasteiger partial charge in [0, 0.05) is 5.69 Å². The van der Waals surface area contributed by atoms with Crippen LogP contribution in [0.4, 0.5) is 0 Å². The zero-order valence-corrected chi connectivity index (χ0v) is 15.6. The first kappa shape index (κ1) is 15.5. The van der Waals surface area contributed by atoms with Crippen molar-refractivity contribution in [1.29, 1.82) is 0 Å². The lowest BCUT2D eigenvalue weighted by atomic mass is 9.88. The number of hydrogen-bond acceptors (Lipinski definition) is 3. The first-order chi connectivity index (χ1) is 13.7. The van der Waals surface area contributed by atoms with E-state index in [1.54, 1.807) is 0 Å². The van der Waals surface area contributed by atoms with Gasteiger partial charge in [0.15, 0.2) is 0 Å². The van der Waals surface area contributed by atoms with Gasteiger partial charge in [-0.25, -0.2) is 4.98 Å². The summed E-state index contributed by atoms with van der Waals surface area (Å²) >= 11 is 0. The third-order valence-electron chi connectivity index (χ3n) is 5.77. The van der Waals surface area contributed by atoms with E-state index in [4.69, 9.17) is 14.5 Å². The van der Waals surface area contributed by atoms with Gasteiger partial charge in [0.05, 0.1) is 22.4 Å². The van der Waals surface area contributed by atoms with E-state index in [-0.39, 0.29) is 0 Å². The van der Waals surface area contributed by atoms with Crippen molar-refractivity contribution in [3.05, 3.63) is 95.3 Å². The fourth-order valence-electron chi connectivity index (χ4n) is 4.41. The fraction of sp³-hybridized carbons (Fsp3) is 0.125. The summed E-state index contributed by atoms with van der Waals surface area (Å²) in [5.41, 5.74) is 4.17. The van der Waals surface area contributed by atoms with Gasteiger partial charge in [-0.15, -0.1) is 0 Å². The minimum absolute atomic E-state index is 0.803. The highest BCUT2D eigenvalue weighted by Crippen LogP contribution is 2.54. The molecule has 0 saturated heterocycles. The molecule has 1 spiro atoms. The number of aromatic nitrogens is 2. The van der Waals surface area contributed by atoms with Crippen molar-refractivity contribution in [2.24, 2.45) is 0 Å². The van der Waals surface area contributed by atoms with Crippen molar-refractivity contribution in [2.45, 2.75) is 19.6 Å². The van der Waals surface area contributed by atoms with Crippen LogP contribution in [0.5, 0.6) is 17.2 Å². The quantitative estimate of drug-likeness (QED) is 0.417. The average molecular weight is 366 g/mol. The summed E-state index contributed by atoms with van der Waals surface area (Å²) in [4.78, 5) is 4.93. The molecule has 3 aromatic carbocycles. The van der Waals surface area contributed by atoms with E-state index < -0.39 is 5.72 Å². The Morgan fingerprint density at radius 1 is 0.750 bits per heavy atom. The molecule has 0 radical (unpaired) electrons. The number of para-hydroxylation sites is 3. The molecule has 2 aliphatic heterocycles. The number of ether oxygens (including phenoxy) is 2. The number of imidazole rings is 1. The Morgan fingerprint density at radius 3 is 2.00 bits per heavy atom. The minimum atomic E-state index is -0.861. The molecule has 28 heavy (non-hydrogen) atoms. The van der Waals surface area contributed by atoms with E-state index in [2.05, 4.69) is 29.7 Å². The van der Waals surface area contributed by atoms with Gasteiger partial charge in [-0.2, -0.15) is 0 Å². The summed E-state index contributed by atoms with van der Waals surface area (Å²) in [5, 5.41) is 0. The van der Waals surface area contributed by atoms with Crippen LogP contribution in [0.15, 0.2) is 72.8 Å². The molecule has 0 N–H and O–H groups in total. The number of rotatable bonds is 0. The molecule has 0 atom stereocenters. The summed E-state index contributed by atoms with van der Waals surface area (Å²) in [6, 6.07) is 24.3. The van der Waals surface area contributed by atoms with E-state index in [0.29, 0.717) is 0 Å². The maximum Gasteiger partial charge on any atom is 0.248 e. The van der Waals surface area contributed by atoms with Gasteiger partial charge >= 0.3 is 0 Å². The standard InChI is InChI=1S/C24H18N2O2/c1-15-16(2)26-23(25-15)17-9-3-6-12-20(17)28-24(26)18-10-4-7-13-21(18)27-22-14-8-5-11-19(22)24/h3-14H,1-2H3. The number of hydrogen-bond donors (Lipinski definition) is 0. The summed E-state index contributed by atoms with van der Waals surface area (Å²) in [5.74, 6) is 3.35. The van der Waals surface area contributed by atoms with Crippen molar-refractivity contribution < 1.29 is 9.47 Å². The fourth-order valence-corrected chi connectivity index (χ4v) is 4.41. The SMILES string of the molecule is Cc1nc2n(c1C)C1(Oc3ccccc3-2)c2ccccc2Oc2ccccc21. The van der Waals surface area contributed by atoms with Crippen molar-refractivity contribution in [3.63, 3.8) is 0 Å². The first-order valence-electron chi connectivity index (χ1n) is 9.42. The van der Waals surface area contributed by atoms with Crippen molar-refractivity contribution in [3.8, 4) is 28.6 Å². The molecule has 4 nitrogen and oxygen atoms in total. The lowest BCUT2D eigenvalue weighted by Crippen LogP contribution is -2.47.